The molecule has 1 fully saturated rings. The van der Waals surface area contributed by atoms with Crippen molar-refractivity contribution in [2.45, 2.75) is 26.3 Å². The molecule has 0 aliphatic carbocycles. The number of piperazine rings is 1. The van der Waals surface area contributed by atoms with Gasteiger partial charge < -0.3 is 10.2 Å². The fourth-order valence-corrected chi connectivity index (χ4v) is 2.30. The Hall–Kier alpha value is -1.02. The molecule has 0 amide bonds. The summed E-state index contributed by atoms with van der Waals surface area (Å²) in [6.45, 7) is 10.0. The molecule has 1 aromatic carbocycles. The molecule has 0 atom stereocenters. The summed E-state index contributed by atoms with van der Waals surface area (Å²) in [5.41, 5.74) is 2.96. The molecule has 82 valence electrons. The first-order valence-corrected chi connectivity index (χ1v) is 5.65. The number of anilines is 1. The standard InChI is InChI=1S/C13H20N2/c1-11-6-4-5-7-12(11)15-9-8-14-10-13(15,2)3/h4-7,14H,8-10H2,1-3H3. The molecule has 1 saturated heterocycles. The number of hydrogen-bond acceptors (Lipinski definition) is 2. The summed E-state index contributed by atoms with van der Waals surface area (Å²) in [6.07, 6.45) is 0. The molecular formula is C13H20N2. The molecule has 15 heavy (non-hydrogen) atoms. The van der Waals surface area contributed by atoms with Gasteiger partial charge in [-0.05, 0) is 32.4 Å². The minimum absolute atomic E-state index is 0.213. The van der Waals surface area contributed by atoms with Gasteiger partial charge in [0, 0.05) is 30.9 Å². The lowest BCUT2D eigenvalue weighted by Crippen LogP contribution is -2.58. The fourth-order valence-electron chi connectivity index (χ4n) is 2.30. The Morgan fingerprint density at radius 2 is 2.00 bits per heavy atom. The number of benzene rings is 1. The molecule has 1 N–H and O–H groups in total. The molecule has 0 unspecified atom stereocenters. The van der Waals surface area contributed by atoms with E-state index in [4.69, 9.17) is 0 Å². The zero-order valence-corrected chi connectivity index (χ0v) is 9.88. The Morgan fingerprint density at radius 3 is 2.67 bits per heavy atom. The van der Waals surface area contributed by atoms with E-state index < -0.39 is 0 Å². The number of aryl methyl sites for hydroxylation is 1. The van der Waals surface area contributed by atoms with Crippen molar-refractivity contribution in [1.29, 1.82) is 0 Å². The molecule has 0 spiro atoms. The van der Waals surface area contributed by atoms with E-state index >= 15 is 0 Å². The van der Waals surface area contributed by atoms with Gasteiger partial charge in [-0.25, -0.2) is 0 Å². The largest absolute Gasteiger partial charge is 0.364 e. The fraction of sp³-hybridized carbons (Fsp3) is 0.538. The summed E-state index contributed by atoms with van der Waals surface area (Å²) >= 11 is 0. The van der Waals surface area contributed by atoms with E-state index in [1.807, 2.05) is 0 Å². The first-order chi connectivity index (χ1) is 7.11. The number of rotatable bonds is 1. The van der Waals surface area contributed by atoms with Gasteiger partial charge in [0.05, 0.1) is 0 Å². The summed E-state index contributed by atoms with van der Waals surface area (Å²) in [4.78, 5) is 2.51. The maximum Gasteiger partial charge on any atom is 0.0470 e. The first kappa shape index (κ1) is 10.5. The van der Waals surface area contributed by atoms with Crippen molar-refractivity contribution < 1.29 is 0 Å². The summed E-state index contributed by atoms with van der Waals surface area (Å²) in [6, 6.07) is 8.64. The van der Waals surface area contributed by atoms with Crippen LogP contribution in [0.5, 0.6) is 0 Å². The topological polar surface area (TPSA) is 15.3 Å². The van der Waals surface area contributed by atoms with Gasteiger partial charge in [0.2, 0.25) is 0 Å². The van der Waals surface area contributed by atoms with Crippen LogP contribution in [0.3, 0.4) is 0 Å². The van der Waals surface area contributed by atoms with E-state index in [1.54, 1.807) is 0 Å². The minimum atomic E-state index is 0.213. The van der Waals surface area contributed by atoms with Crippen LogP contribution in [0.15, 0.2) is 24.3 Å². The van der Waals surface area contributed by atoms with E-state index in [0.29, 0.717) is 0 Å². The summed E-state index contributed by atoms with van der Waals surface area (Å²) in [7, 11) is 0. The van der Waals surface area contributed by atoms with Crippen molar-refractivity contribution in [2.75, 3.05) is 24.5 Å². The minimum Gasteiger partial charge on any atom is -0.364 e. The lowest BCUT2D eigenvalue weighted by atomic mass is 9.98. The van der Waals surface area contributed by atoms with E-state index in [2.05, 4.69) is 55.3 Å². The van der Waals surface area contributed by atoms with Gasteiger partial charge in [0.1, 0.15) is 0 Å². The second kappa shape index (κ2) is 3.86. The average molecular weight is 204 g/mol. The highest BCUT2D eigenvalue weighted by Crippen LogP contribution is 2.27. The third-order valence-corrected chi connectivity index (χ3v) is 3.21. The molecule has 1 aromatic rings. The van der Waals surface area contributed by atoms with Crippen LogP contribution in [0.2, 0.25) is 0 Å². The monoisotopic (exact) mass is 204 g/mol. The molecule has 1 heterocycles. The van der Waals surface area contributed by atoms with Gasteiger partial charge in [0.25, 0.3) is 0 Å². The molecule has 0 radical (unpaired) electrons. The Morgan fingerprint density at radius 1 is 1.27 bits per heavy atom. The van der Waals surface area contributed by atoms with Crippen LogP contribution in [0.4, 0.5) is 5.69 Å². The normalized spacial score (nSPS) is 20.3. The number of hydrogen-bond donors (Lipinski definition) is 1. The van der Waals surface area contributed by atoms with Crippen molar-refractivity contribution in [2.24, 2.45) is 0 Å². The van der Waals surface area contributed by atoms with Gasteiger partial charge in [-0.3, -0.25) is 0 Å². The lowest BCUT2D eigenvalue weighted by Gasteiger charge is -2.45. The second-order valence-electron chi connectivity index (χ2n) is 4.93. The molecule has 1 aliphatic rings. The van der Waals surface area contributed by atoms with E-state index in [9.17, 15) is 0 Å². The Kier molecular flexibility index (Phi) is 2.70. The highest BCUT2D eigenvalue weighted by Gasteiger charge is 2.30. The molecular weight excluding hydrogens is 184 g/mol. The van der Waals surface area contributed by atoms with Gasteiger partial charge in [-0.2, -0.15) is 0 Å². The van der Waals surface area contributed by atoms with Crippen LogP contribution in [-0.4, -0.2) is 25.2 Å². The summed E-state index contributed by atoms with van der Waals surface area (Å²) in [5.74, 6) is 0. The number of nitrogens with one attached hydrogen (secondary N) is 1. The van der Waals surface area contributed by atoms with E-state index in [0.717, 1.165) is 19.6 Å². The number of para-hydroxylation sites is 1. The van der Waals surface area contributed by atoms with Crippen LogP contribution in [0.25, 0.3) is 0 Å². The average Bonchev–Trinajstić information content (AvgIpc) is 2.19. The third-order valence-electron chi connectivity index (χ3n) is 3.21. The van der Waals surface area contributed by atoms with Crippen LogP contribution in [0, 0.1) is 6.92 Å². The van der Waals surface area contributed by atoms with E-state index in [-0.39, 0.29) is 5.54 Å². The predicted octanol–water partition coefficient (Wildman–Crippen LogP) is 2.18. The quantitative estimate of drug-likeness (QED) is 0.754. The highest BCUT2D eigenvalue weighted by atomic mass is 15.3. The first-order valence-electron chi connectivity index (χ1n) is 5.65. The SMILES string of the molecule is Cc1ccccc1N1CCNCC1(C)C. The van der Waals surface area contributed by atoms with Crippen molar-refractivity contribution in [3.05, 3.63) is 29.8 Å². The Labute approximate surface area is 92.3 Å². The van der Waals surface area contributed by atoms with Gasteiger partial charge in [-0.1, -0.05) is 18.2 Å². The second-order valence-corrected chi connectivity index (χ2v) is 4.93. The van der Waals surface area contributed by atoms with Crippen LogP contribution in [0.1, 0.15) is 19.4 Å². The molecule has 0 saturated carbocycles. The van der Waals surface area contributed by atoms with Crippen LogP contribution < -0.4 is 10.2 Å². The molecule has 0 aromatic heterocycles. The van der Waals surface area contributed by atoms with E-state index in [1.165, 1.54) is 11.3 Å². The smallest absolute Gasteiger partial charge is 0.0470 e. The zero-order chi connectivity index (χ0) is 10.9. The van der Waals surface area contributed by atoms with Crippen LogP contribution in [-0.2, 0) is 0 Å². The Bertz CT molecular complexity index is 344. The van der Waals surface area contributed by atoms with Gasteiger partial charge >= 0.3 is 0 Å². The van der Waals surface area contributed by atoms with Crippen molar-refractivity contribution in [1.82, 2.24) is 5.32 Å². The zero-order valence-electron chi connectivity index (χ0n) is 9.88. The lowest BCUT2D eigenvalue weighted by molar-refractivity contribution is 0.380. The molecule has 2 heteroatoms. The van der Waals surface area contributed by atoms with Crippen molar-refractivity contribution >= 4 is 5.69 Å². The predicted molar refractivity (Wildman–Crippen MR) is 65.5 cm³/mol. The third kappa shape index (κ3) is 2.00. The molecule has 2 nitrogen and oxygen atoms in total. The summed E-state index contributed by atoms with van der Waals surface area (Å²) in [5, 5.41) is 3.45. The van der Waals surface area contributed by atoms with Crippen molar-refractivity contribution in [3.63, 3.8) is 0 Å². The van der Waals surface area contributed by atoms with Gasteiger partial charge in [0.15, 0.2) is 0 Å². The highest BCUT2D eigenvalue weighted by molar-refractivity contribution is 5.55. The number of nitrogens with zero attached hydrogens (tertiary/aromatic N) is 1. The van der Waals surface area contributed by atoms with Crippen molar-refractivity contribution in [3.8, 4) is 0 Å². The maximum atomic E-state index is 3.45. The summed E-state index contributed by atoms with van der Waals surface area (Å²) < 4.78 is 0. The Balaban J connectivity index is 2.33. The van der Waals surface area contributed by atoms with Crippen LogP contribution >= 0.6 is 0 Å². The molecule has 1 aliphatic heterocycles. The molecule has 2 rings (SSSR count). The maximum absolute atomic E-state index is 3.45. The molecule has 0 bridgehead atoms. The van der Waals surface area contributed by atoms with Gasteiger partial charge in [-0.15, -0.1) is 0 Å².